The van der Waals surface area contributed by atoms with Crippen LogP contribution in [-0.4, -0.2) is 68.3 Å². The van der Waals surface area contributed by atoms with Crippen LogP contribution in [0.4, 0.5) is 5.82 Å². The zero-order valence-corrected chi connectivity index (χ0v) is 19.0. The van der Waals surface area contributed by atoms with Gasteiger partial charge >= 0.3 is 7.60 Å². The fourth-order valence-corrected chi connectivity index (χ4v) is 4.90. The molecule has 3 N–H and O–H groups in total. The Balaban J connectivity index is 1.54. The number of benzene rings is 1. The highest BCUT2D eigenvalue weighted by Gasteiger charge is 2.48. The van der Waals surface area contributed by atoms with Crippen LogP contribution >= 0.6 is 7.60 Å². The van der Waals surface area contributed by atoms with E-state index >= 15 is 0 Å². The van der Waals surface area contributed by atoms with Gasteiger partial charge in [-0.15, -0.1) is 0 Å². The van der Waals surface area contributed by atoms with Gasteiger partial charge in [0.1, 0.15) is 24.9 Å². The Hall–Kier alpha value is -2.44. The van der Waals surface area contributed by atoms with Crippen LogP contribution in [0.5, 0.6) is 0 Å². The summed E-state index contributed by atoms with van der Waals surface area (Å²) < 4.78 is 35.4. The number of hydrogen-bond donors (Lipinski definition) is 3. The topological polar surface area (TPSA) is 150 Å². The molecule has 33 heavy (non-hydrogen) atoms. The number of hydrogen-bond acceptors (Lipinski definition) is 11. The second-order valence-corrected chi connectivity index (χ2v) is 9.26. The van der Waals surface area contributed by atoms with Gasteiger partial charge in [-0.3, -0.25) is 13.7 Å². The number of aliphatic hydroxyl groups is 2. The summed E-state index contributed by atoms with van der Waals surface area (Å²) in [5, 5.41) is 24.3. The Kier molecular flexibility index (Phi) is 7.35. The molecular weight excluding hydrogens is 453 g/mol. The van der Waals surface area contributed by atoms with E-state index in [1.165, 1.54) is 24.3 Å². The first-order valence-corrected chi connectivity index (χ1v) is 12.1. The second-order valence-electron chi connectivity index (χ2n) is 7.31. The van der Waals surface area contributed by atoms with Gasteiger partial charge < -0.3 is 29.5 Å². The molecule has 12 nitrogen and oxygen atoms in total. The number of nitrogens with one attached hydrogen (secondary N) is 1. The van der Waals surface area contributed by atoms with Crippen LogP contribution < -0.4 is 5.32 Å². The molecule has 1 aromatic carbocycles. The number of nitrogens with zero attached hydrogens (tertiary/aromatic N) is 4. The van der Waals surface area contributed by atoms with E-state index in [1.807, 2.05) is 30.3 Å². The van der Waals surface area contributed by atoms with Crippen molar-refractivity contribution in [2.45, 2.75) is 38.2 Å². The molecule has 0 radical (unpaired) electrons. The SMILES string of the molecule is CCOP(=O)(COC)O[C@H]1O[C@@H](n2cnc3c(NCc4ccccc4)ncnc32)[C@H](O)[C@@H]1O. The third kappa shape index (κ3) is 5.07. The van der Waals surface area contributed by atoms with E-state index in [4.69, 9.17) is 18.5 Å². The predicted molar refractivity (Wildman–Crippen MR) is 117 cm³/mol. The molecule has 4 rings (SSSR count). The lowest BCUT2D eigenvalue weighted by atomic mass is 10.2. The van der Waals surface area contributed by atoms with Crippen molar-refractivity contribution in [2.24, 2.45) is 0 Å². The Morgan fingerprint density at radius 3 is 2.70 bits per heavy atom. The minimum Gasteiger partial charge on any atom is -0.385 e. The molecule has 0 saturated carbocycles. The molecule has 3 aromatic rings. The van der Waals surface area contributed by atoms with Crippen LogP contribution in [0.2, 0.25) is 0 Å². The van der Waals surface area contributed by atoms with Crippen molar-refractivity contribution in [3.05, 3.63) is 48.5 Å². The standard InChI is InChI=1S/C20H26N5O7P/c1-3-30-33(28,12-29-2)32-20-16(27)15(26)19(31-20)25-11-24-14-17(22-10-23-18(14)25)21-9-13-7-5-4-6-8-13/h4-8,10-11,15-16,19-20,26-27H,3,9,12H2,1-2H3,(H,21,22,23)/t15-,16+,19-,20-,33?/m1/s1. The Labute approximate surface area is 190 Å². The van der Waals surface area contributed by atoms with Gasteiger partial charge in [0, 0.05) is 13.7 Å². The predicted octanol–water partition coefficient (Wildman–Crippen LogP) is 1.87. The van der Waals surface area contributed by atoms with Crippen LogP contribution in [0, 0.1) is 0 Å². The van der Waals surface area contributed by atoms with Crippen molar-refractivity contribution in [1.29, 1.82) is 0 Å². The molecule has 1 aliphatic heterocycles. The maximum Gasteiger partial charge on any atom is 0.358 e. The normalized spacial score (nSPS) is 24.7. The third-order valence-corrected chi connectivity index (χ3v) is 6.76. The van der Waals surface area contributed by atoms with Crippen molar-refractivity contribution in [1.82, 2.24) is 19.5 Å². The Morgan fingerprint density at radius 2 is 1.97 bits per heavy atom. The number of rotatable bonds is 10. The molecule has 3 heterocycles. The molecule has 13 heteroatoms. The van der Waals surface area contributed by atoms with Crippen molar-refractivity contribution >= 4 is 24.6 Å². The molecular formula is C20H26N5O7P. The largest absolute Gasteiger partial charge is 0.385 e. The van der Waals surface area contributed by atoms with E-state index in [1.54, 1.807) is 6.92 Å². The van der Waals surface area contributed by atoms with E-state index in [2.05, 4.69) is 20.3 Å². The number of anilines is 1. The first-order valence-electron chi connectivity index (χ1n) is 10.3. The molecule has 1 unspecified atom stereocenters. The summed E-state index contributed by atoms with van der Waals surface area (Å²) in [7, 11) is -2.36. The van der Waals surface area contributed by atoms with Gasteiger partial charge in [0.05, 0.1) is 12.9 Å². The van der Waals surface area contributed by atoms with Crippen LogP contribution in [0.3, 0.4) is 0 Å². The fourth-order valence-electron chi connectivity index (χ4n) is 3.51. The van der Waals surface area contributed by atoms with Gasteiger partial charge in [0.15, 0.2) is 29.5 Å². The molecule has 1 saturated heterocycles. The number of aromatic nitrogens is 4. The smallest absolute Gasteiger partial charge is 0.358 e. The Bertz CT molecular complexity index is 1100. The molecule has 1 aliphatic rings. The van der Waals surface area contributed by atoms with Crippen LogP contribution in [0.25, 0.3) is 11.2 Å². The lowest BCUT2D eigenvalue weighted by Crippen LogP contribution is -2.32. The lowest BCUT2D eigenvalue weighted by molar-refractivity contribution is -0.131. The van der Waals surface area contributed by atoms with Gasteiger partial charge in [-0.2, -0.15) is 0 Å². The van der Waals surface area contributed by atoms with Crippen LogP contribution in [0.1, 0.15) is 18.7 Å². The van der Waals surface area contributed by atoms with Crippen molar-refractivity contribution in [2.75, 3.05) is 25.4 Å². The summed E-state index contributed by atoms with van der Waals surface area (Å²) in [5.74, 6) is 0.504. The highest BCUT2D eigenvalue weighted by Crippen LogP contribution is 2.51. The van der Waals surface area contributed by atoms with Gasteiger partial charge in [-0.05, 0) is 12.5 Å². The van der Waals surface area contributed by atoms with E-state index in [0.717, 1.165) is 5.56 Å². The lowest BCUT2D eigenvalue weighted by Gasteiger charge is -2.22. The highest BCUT2D eigenvalue weighted by molar-refractivity contribution is 7.53. The summed E-state index contributed by atoms with van der Waals surface area (Å²) in [6, 6.07) is 9.80. The highest BCUT2D eigenvalue weighted by atomic mass is 31.2. The molecule has 5 atom stereocenters. The van der Waals surface area contributed by atoms with E-state index in [-0.39, 0.29) is 13.0 Å². The summed E-state index contributed by atoms with van der Waals surface area (Å²) in [4.78, 5) is 12.9. The van der Waals surface area contributed by atoms with Crippen molar-refractivity contribution in [3.63, 3.8) is 0 Å². The number of ether oxygens (including phenoxy) is 2. The summed E-state index contributed by atoms with van der Waals surface area (Å²) in [6.07, 6.45) is -2.94. The monoisotopic (exact) mass is 479 g/mol. The van der Waals surface area contributed by atoms with Gasteiger partial charge in [-0.1, -0.05) is 30.3 Å². The summed E-state index contributed by atoms with van der Waals surface area (Å²) >= 11 is 0. The van der Waals surface area contributed by atoms with E-state index in [9.17, 15) is 14.8 Å². The number of imidazole rings is 1. The molecule has 0 amide bonds. The first kappa shape index (κ1) is 23.7. The number of aliphatic hydroxyl groups excluding tert-OH is 2. The molecule has 1 fully saturated rings. The number of fused-ring (bicyclic) bond motifs is 1. The molecule has 2 aromatic heterocycles. The molecule has 178 valence electrons. The maximum atomic E-state index is 12.8. The summed E-state index contributed by atoms with van der Waals surface area (Å²) in [5.41, 5.74) is 1.90. The van der Waals surface area contributed by atoms with Crippen molar-refractivity contribution < 1.29 is 33.3 Å². The molecule has 0 spiro atoms. The average Bonchev–Trinajstić information content (AvgIpc) is 3.35. The third-order valence-electron chi connectivity index (χ3n) is 5.01. The summed E-state index contributed by atoms with van der Waals surface area (Å²) in [6.45, 7) is 2.29. The van der Waals surface area contributed by atoms with Gasteiger partial charge in [-0.25, -0.2) is 15.0 Å². The van der Waals surface area contributed by atoms with E-state index < -0.39 is 32.3 Å². The van der Waals surface area contributed by atoms with E-state index in [0.29, 0.717) is 23.5 Å². The minimum atomic E-state index is -3.71. The van der Waals surface area contributed by atoms with Crippen LogP contribution in [0.15, 0.2) is 43.0 Å². The Morgan fingerprint density at radius 1 is 1.18 bits per heavy atom. The zero-order valence-electron chi connectivity index (χ0n) is 18.1. The van der Waals surface area contributed by atoms with Gasteiger partial charge in [0.25, 0.3) is 0 Å². The zero-order chi connectivity index (χ0) is 23.4. The minimum absolute atomic E-state index is 0.108. The quantitative estimate of drug-likeness (QED) is 0.366. The number of methoxy groups -OCH3 is 1. The maximum absolute atomic E-state index is 12.8. The average molecular weight is 479 g/mol. The molecule has 0 aliphatic carbocycles. The van der Waals surface area contributed by atoms with Crippen molar-refractivity contribution in [3.8, 4) is 0 Å². The van der Waals surface area contributed by atoms with Crippen LogP contribution in [-0.2, 0) is 29.6 Å². The molecule has 0 bridgehead atoms. The van der Waals surface area contributed by atoms with Gasteiger partial charge in [0.2, 0.25) is 0 Å². The fraction of sp³-hybridized carbons (Fsp3) is 0.450. The second kappa shape index (κ2) is 10.2. The first-order chi connectivity index (χ1) is 16.0.